The Morgan fingerprint density at radius 3 is 2.57 bits per heavy atom. The zero-order valence-corrected chi connectivity index (χ0v) is 9.80. The number of rotatable bonds is 2. The summed E-state index contributed by atoms with van der Waals surface area (Å²) in [7, 11) is 0. The molecule has 1 aliphatic carbocycles. The van der Waals surface area contributed by atoms with Crippen molar-refractivity contribution in [3.05, 3.63) is 23.3 Å². The first-order chi connectivity index (χ1) is 6.49. The molecule has 0 fully saturated rings. The Bertz CT molecular complexity index is 258. The van der Waals surface area contributed by atoms with Crippen LogP contribution < -0.4 is 0 Å². The van der Waals surface area contributed by atoms with Gasteiger partial charge in [-0.05, 0) is 44.1 Å². The molecule has 14 heavy (non-hydrogen) atoms. The van der Waals surface area contributed by atoms with Crippen molar-refractivity contribution in [3.8, 4) is 0 Å². The number of aliphatic hydroxyl groups excluding tert-OH is 1. The first kappa shape index (κ1) is 11.5. The molecule has 0 radical (unpaired) electrons. The van der Waals surface area contributed by atoms with Gasteiger partial charge in [0.25, 0.3) is 0 Å². The average Bonchev–Trinajstić information content (AvgIpc) is 2.02. The van der Waals surface area contributed by atoms with Gasteiger partial charge in [0.05, 0.1) is 6.10 Å². The predicted molar refractivity (Wildman–Crippen MR) is 61.2 cm³/mol. The maximum atomic E-state index is 10.0. The predicted octanol–water partition coefficient (Wildman–Crippen LogP) is 3.45. The van der Waals surface area contributed by atoms with Crippen LogP contribution in [0, 0.1) is 5.41 Å². The van der Waals surface area contributed by atoms with Crippen LogP contribution in [0.15, 0.2) is 23.3 Å². The maximum absolute atomic E-state index is 10.0. The highest BCUT2D eigenvalue weighted by Crippen LogP contribution is 2.41. The molecule has 0 bridgehead atoms. The molecule has 1 atom stereocenters. The van der Waals surface area contributed by atoms with E-state index in [2.05, 4.69) is 20.8 Å². The van der Waals surface area contributed by atoms with Gasteiger partial charge in [0.1, 0.15) is 0 Å². The van der Waals surface area contributed by atoms with Gasteiger partial charge in [-0.3, -0.25) is 0 Å². The molecule has 0 amide bonds. The van der Waals surface area contributed by atoms with Crippen LogP contribution in [0.25, 0.3) is 0 Å². The van der Waals surface area contributed by atoms with E-state index < -0.39 is 0 Å². The van der Waals surface area contributed by atoms with Gasteiger partial charge < -0.3 is 5.11 Å². The van der Waals surface area contributed by atoms with Crippen molar-refractivity contribution in [1.82, 2.24) is 0 Å². The molecule has 0 aromatic carbocycles. The Labute approximate surface area is 87.5 Å². The molecule has 1 unspecified atom stereocenters. The second-order valence-corrected chi connectivity index (χ2v) is 4.90. The Hall–Kier alpha value is -0.560. The first-order valence-corrected chi connectivity index (χ1v) is 5.50. The minimum Gasteiger partial charge on any atom is -0.385 e. The van der Waals surface area contributed by atoms with E-state index in [9.17, 15) is 5.11 Å². The van der Waals surface area contributed by atoms with Gasteiger partial charge in [-0.15, -0.1) is 0 Å². The molecule has 0 spiro atoms. The fourth-order valence-corrected chi connectivity index (χ4v) is 2.57. The zero-order valence-electron chi connectivity index (χ0n) is 9.80. The molecule has 1 N–H and O–H groups in total. The first-order valence-electron chi connectivity index (χ1n) is 5.50. The van der Waals surface area contributed by atoms with E-state index in [4.69, 9.17) is 0 Å². The van der Waals surface area contributed by atoms with Crippen molar-refractivity contribution >= 4 is 0 Å². The lowest BCUT2D eigenvalue weighted by molar-refractivity contribution is 0.207. The summed E-state index contributed by atoms with van der Waals surface area (Å²) >= 11 is 0. The second-order valence-electron chi connectivity index (χ2n) is 4.90. The molecule has 0 heterocycles. The summed E-state index contributed by atoms with van der Waals surface area (Å²) in [5, 5.41) is 10.0. The number of hydrogen-bond donors (Lipinski definition) is 1. The van der Waals surface area contributed by atoms with E-state index in [1.165, 1.54) is 24.0 Å². The molecule has 0 saturated carbocycles. The van der Waals surface area contributed by atoms with Gasteiger partial charge in [-0.25, -0.2) is 0 Å². The van der Waals surface area contributed by atoms with Crippen LogP contribution in [-0.2, 0) is 0 Å². The molecule has 1 heteroatoms. The summed E-state index contributed by atoms with van der Waals surface area (Å²) in [5.74, 6) is 0. The van der Waals surface area contributed by atoms with Gasteiger partial charge >= 0.3 is 0 Å². The van der Waals surface area contributed by atoms with E-state index in [0.717, 1.165) is 6.42 Å². The van der Waals surface area contributed by atoms with Crippen molar-refractivity contribution in [3.63, 3.8) is 0 Å². The fourth-order valence-electron chi connectivity index (χ4n) is 2.57. The maximum Gasteiger partial charge on any atom is 0.0939 e. The summed E-state index contributed by atoms with van der Waals surface area (Å²) in [5.41, 5.74) is 2.79. The summed E-state index contributed by atoms with van der Waals surface area (Å²) in [6.07, 6.45) is 7.02. The lowest BCUT2D eigenvalue weighted by atomic mass is 9.70. The van der Waals surface area contributed by atoms with Crippen molar-refractivity contribution in [2.24, 2.45) is 5.41 Å². The molecule has 0 saturated heterocycles. The molecular formula is C13H22O. The molecule has 1 rings (SSSR count). The van der Waals surface area contributed by atoms with Crippen LogP contribution >= 0.6 is 0 Å². The minimum atomic E-state index is -0.379. The molecule has 0 aromatic rings. The van der Waals surface area contributed by atoms with E-state index in [1.54, 1.807) is 0 Å². The Kier molecular flexibility index (Phi) is 3.54. The standard InChI is InChI=1S/C13H22O/c1-5-7-11(14)12-10(2)8-6-9-13(12,3)4/h5,7,11,14H,6,8-9H2,1-4H3/b7-5-. The smallest absolute Gasteiger partial charge is 0.0939 e. The fraction of sp³-hybridized carbons (Fsp3) is 0.692. The summed E-state index contributed by atoms with van der Waals surface area (Å²) in [6, 6.07) is 0. The van der Waals surface area contributed by atoms with Crippen molar-refractivity contribution in [2.75, 3.05) is 0 Å². The van der Waals surface area contributed by atoms with Gasteiger partial charge in [-0.2, -0.15) is 0 Å². The molecule has 0 aliphatic heterocycles. The molecule has 0 aromatic heterocycles. The van der Waals surface area contributed by atoms with Crippen molar-refractivity contribution in [1.29, 1.82) is 0 Å². The van der Waals surface area contributed by atoms with Crippen LogP contribution in [0.2, 0.25) is 0 Å². The quantitative estimate of drug-likeness (QED) is 0.667. The highest BCUT2D eigenvalue weighted by atomic mass is 16.3. The Balaban J connectivity index is 3.01. The average molecular weight is 194 g/mol. The molecule has 1 nitrogen and oxygen atoms in total. The van der Waals surface area contributed by atoms with Crippen LogP contribution in [0.3, 0.4) is 0 Å². The second kappa shape index (κ2) is 4.31. The largest absolute Gasteiger partial charge is 0.385 e. The van der Waals surface area contributed by atoms with Crippen molar-refractivity contribution < 1.29 is 5.11 Å². The monoisotopic (exact) mass is 194 g/mol. The summed E-state index contributed by atoms with van der Waals surface area (Å²) < 4.78 is 0. The van der Waals surface area contributed by atoms with Gasteiger partial charge in [0, 0.05) is 0 Å². The number of allylic oxidation sites excluding steroid dienone is 2. The SMILES string of the molecule is C/C=C\C(O)C1=C(C)CCCC1(C)C. The zero-order chi connectivity index (χ0) is 10.8. The lowest BCUT2D eigenvalue weighted by Crippen LogP contribution is -2.27. The minimum absolute atomic E-state index is 0.168. The third-order valence-corrected chi connectivity index (χ3v) is 3.21. The van der Waals surface area contributed by atoms with E-state index in [1.807, 2.05) is 19.1 Å². The van der Waals surface area contributed by atoms with Crippen LogP contribution in [0.5, 0.6) is 0 Å². The normalized spacial score (nSPS) is 24.4. The molecule has 80 valence electrons. The van der Waals surface area contributed by atoms with Crippen LogP contribution in [0.4, 0.5) is 0 Å². The van der Waals surface area contributed by atoms with Crippen LogP contribution in [0.1, 0.15) is 47.0 Å². The van der Waals surface area contributed by atoms with Gasteiger partial charge in [-0.1, -0.05) is 31.6 Å². The van der Waals surface area contributed by atoms with Crippen LogP contribution in [-0.4, -0.2) is 11.2 Å². The number of hydrogen-bond acceptors (Lipinski definition) is 1. The summed E-state index contributed by atoms with van der Waals surface area (Å²) in [4.78, 5) is 0. The third-order valence-electron chi connectivity index (χ3n) is 3.21. The summed E-state index contributed by atoms with van der Waals surface area (Å²) in [6.45, 7) is 8.58. The highest BCUT2D eigenvalue weighted by Gasteiger charge is 2.31. The molecular weight excluding hydrogens is 172 g/mol. The Morgan fingerprint density at radius 1 is 1.43 bits per heavy atom. The molecule has 1 aliphatic rings. The van der Waals surface area contributed by atoms with Gasteiger partial charge in [0.2, 0.25) is 0 Å². The number of aliphatic hydroxyl groups is 1. The van der Waals surface area contributed by atoms with E-state index >= 15 is 0 Å². The Morgan fingerprint density at radius 2 is 2.07 bits per heavy atom. The van der Waals surface area contributed by atoms with Gasteiger partial charge in [0.15, 0.2) is 0 Å². The van der Waals surface area contributed by atoms with E-state index in [0.29, 0.717) is 0 Å². The third kappa shape index (κ3) is 2.27. The van der Waals surface area contributed by atoms with E-state index in [-0.39, 0.29) is 11.5 Å². The topological polar surface area (TPSA) is 20.2 Å². The lowest BCUT2D eigenvalue weighted by Gasteiger charge is -2.36. The highest BCUT2D eigenvalue weighted by molar-refractivity contribution is 5.29. The van der Waals surface area contributed by atoms with Crippen molar-refractivity contribution in [2.45, 2.75) is 53.1 Å².